The summed E-state index contributed by atoms with van der Waals surface area (Å²) in [4.78, 5) is 9.29. The second-order valence-electron chi connectivity index (χ2n) is 5.87. The molecule has 3 rings (SSSR count). The molecule has 0 N–H and O–H groups in total. The van der Waals surface area contributed by atoms with Crippen molar-refractivity contribution in [3.63, 3.8) is 0 Å². The van der Waals surface area contributed by atoms with Crippen LogP contribution in [0, 0.1) is 0 Å². The second kappa shape index (κ2) is 6.61. The number of nitrogens with zero attached hydrogens (tertiary/aromatic N) is 3. The summed E-state index contributed by atoms with van der Waals surface area (Å²) in [5, 5.41) is 1.19. The van der Waals surface area contributed by atoms with Crippen LogP contribution in [0.25, 0.3) is 0 Å². The van der Waals surface area contributed by atoms with Crippen molar-refractivity contribution in [3.05, 3.63) is 28.0 Å². The molecule has 5 heteroatoms. The van der Waals surface area contributed by atoms with Crippen molar-refractivity contribution in [2.24, 2.45) is 0 Å². The third-order valence-electron chi connectivity index (χ3n) is 4.44. The van der Waals surface area contributed by atoms with E-state index < -0.39 is 0 Å². The maximum Gasteiger partial charge on any atom is 0.130 e. The lowest BCUT2D eigenvalue weighted by Gasteiger charge is -2.32. The Kier molecular flexibility index (Phi) is 4.82. The number of piperidine rings is 1. The molecule has 2 saturated heterocycles. The van der Waals surface area contributed by atoms with Gasteiger partial charge in [-0.25, -0.2) is 4.98 Å². The molecular weight excluding hydrogens is 293 g/mol. The molecule has 20 heavy (non-hydrogen) atoms. The average Bonchev–Trinajstić information content (AvgIpc) is 2.92. The lowest BCUT2D eigenvalue weighted by atomic mass is 10.1. The number of hydrogen-bond donors (Lipinski definition) is 0. The van der Waals surface area contributed by atoms with Gasteiger partial charge in [-0.1, -0.05) is 29.6 Å². The highest BCUT2D eigenvalue weighted by Gasteiger charge is 2.28. The van der Waals surface area contributed by atoms with Crippen molar-refractivity contribution >= 4 is 23.2 Å². The summed E-state index contributed by atoms with van der Waals surface area (Å²) in [5.74, 6) is 0. The first-order valence-corrected chi connectivity index (χ1v) is 8.24. The summed E-state index contributed by atoms with van der Waals surface area (Å²) >= 11 is 12.1. The van der Waals surface area contributed by atoms with Crippen molar-refractivity contribution in [1.82, 2.24) is 14.8 Å². The first-order chi connectivity index (χ1) is 9.72. The van der Waals surface area contributed by atoms with Crippen LogP contribution in [-0.4, -0.2) is 47.0 Å². The van der Waals surface area contributed by atoms with Crippen LogP contribution < -0.4 is 0 Å². The van der Waals surface area contributed by atoms with E-state index in [0.717, 1.165) is 36.3 Å². The van der Waals surface area contributed by atoms with Crippen molar-refractivity contribution in [1.29, 1.82) is 0 Å². The van der Waals surface area contributed by atoms with Gasteiger partial charge < -0.3 is 0 Å². The molecule has 0 saturated carbocycles. The molecular formula is C15H21Cl2N3. The highest BCUT2D eigenvalue weighted by Crippen LogP contribution is 2.24. The first kappa shape index (κ1) is 14.6. The highest BCUT2D eigenvalue weighted by molar-refractivity contribution is 6.34. The zero-order valence-corrected chi connectivity index (χ0v) is 13.2. The number of aromatic nitrogens is 1. The van der Waals surface area contributed by atoms with Gasteiger partial charge in [0.2, 0.25) is 0 Å². The van der Waals surface area contributed by atoms with Gasteiger partial charge in [0.05, 0.1) is 0 Å². The van der Waals surface area contributed by atoms with E-state index in [9.17, 15) is 0 Å². The van der Waals surface area contributed by atoms with Gasteiger partial charge in [0.15, 0.2) is 0 Å². The zero-order valence-electron chi connectivity index (χ0n) is 11.7. The minimum Gasteiger partial charge on any atom is -0.299 e. The second-order valence-corrected chi connectivity index (χ2v) is 6.67. The molecule has 1 unspecified atom stereocenters. The fourth-order valence-electron chi connectivity index (χ4n) is 3.33. The summed E-state index contributed by atoms with van der Waals surface area (Å²) in [6, 6.07) is 2.46. The maximum atomic E-state index is 6.23. The normalized spacial score (nSPS) is 25.2. The molecule has 0 spiro atoms. The van der Waals surface area contributed by atoms with Crippen LogP contribution in [0.5, 0.6) is 0 Å². The Morgan fingerprint density at radius 3 is 2.70 bits per heavy atom. The van der Waals surface area contributed by atoms with E-state index >= 15 is 0 Å². The molecule has 0 amide bonds. The summed E-state index contributed by atoms with van der Waals surface area (Å²) in [6.07, 6.45) is 7.21. The molecule has 0 radical (unpaired) electrons. The topological polar surface area (TPSA) is 19.4 Å². The average molecular weight is 314 g/mol. The third kappa shape index (κ3) is 3.45. The fraction of sp³-hybridized carbons (Fsp3) is 0.667. The molecule has 1 aromatic rings. The van der Waals surface area contributed by atoms with Crippen LogP contribution in [0.15, 0.2) is 12.3 Å². The molecule has 2 aliphatic heterocycles. The Labute approximate surface area is 130 Å². The van der Waals surface area contributed by atoms with Gasteiger partial charge in [0, 0.05) is 42.5 Å². The maximum absolute atomic E-state index is 6.23. The molecule has 1 aromatic heterocycles. The van der Waals surface area contributed by atoms with Crippen LogP contribution in [0.2, 0.25) is 10.2 Å². The molecule has 2 aliphatic rings. The Morgan fingerprint density at radius 2 is 1.95 bits per heavy atom. The van der Waals surface area contributed by atoms with Crippen LogP contribution >= 0.6 is 23.2 Å². The lowest BCUT2D eigenvalue weighted by molar-refractivity contribution is 0.161. The van der Waals surface area contributed by atoms with Crippen molar-refractivity contribution < 1.29 is 0 Å². The Hall–Kier alpha value is -0.350. The molecule has 110 valence electrons. The highest BCUT2D eigenvalue weighted by atomic mass is 35.5. The first-order valence-electron chi connectivity index (χ1n) is 7.49. The standard InChI is InChI=1S/C15H21Cl2N3/c16-14-8-15(17)18-9-12(14)10-19-7-4-13(11-19)20-5-2-1-3-6-20/h8-9,13H,1-7,10-11H2. The molecule has 3 heterocycles. The van der Waals surface area contributed by atoms with Crippen LogP contribution in [-0.2, 0) is 6.54 Å². The van der Waals surface area contributed by atoms with E-state index in [4.69, 9.17) is 23.2 Å². The van der Waals surface area contributed by atoms with E-state index in [2.05, 4.69) is 14.8 Å². The molecule has 0 aromatic carbocycles. The molecule has 2 fully saturated rings. The number of likely N-dealkylation sites (tertiary alicyclic amines) is 2. The predicted molar refractivity (Wildman–Crippen MR) is 83.4 cm³/mol. The van der Waals surface area contributed by atoms with Gasteiger partial charge >= 0.3 is 0 Å². The quantitative estimate of drug-likeness (QED) is 0.797. The molecule has 0 bridgehead atoms. The van der Waals surface area contributed by atoms with Crippen molar-refractivity contribution in [2.45, 2.75) is 38.3 Å². The number of hydrogen-bond acceptors (Lipinski definition) is 3. The summed E-state index contributed by atoms with van der Waals surface area (Å²) in [7, 11) is 0. The smallest absolute Gasteiger partial charge is 0.130 e. The number of pyridine rings is 1. The third-order valence-corrected chi connectivity index (χ3v) is 5.00. The van der Waals surface area contributed by atoms with E-state index in [1.807, 2.05) is 0 Å². The summed E-state index contributed by atoms with van der Waals surface area (Å²) < 4.78 is 0. The SMILES string of the molecule is Clc1cc(Cl)c(CN2CCC(N3CCCCC3)C2)cn1. The number of halogens is 2. The predicted octanol–water partition coefficient (Wildman–Crippen LogP) is 3.45. The Balaban J connectivity index is 1.57. The largest absolute Gasteiger partial charge is 0.299 e. The molecule has 0 aliphatic carbocycles. The summed E-state index contributed by atoms with van der Waals surface area (Å²) in [6.45, 7) is 5.75. The van der Waals surface area contributed by atoms with E-state index in [-0.39, 0.29) is 0 Å². The Morgan fingerprint density at radius 1 is 1.15 bits per heavy atom. The van der Waals surface area contributed by atoms with E-state index in [0.29, 0.717) is 5.15 Å². The van der Waals surface area contributed by atoms with Gasteiger partial charge in [-0.15, -0.1) is 0 Å². The van der Waals surface area contributed by atoms with Crippen LogP contribution in [0.3, 0.4) is 0 Å². The van der Waals surface area contributed by atoms with Crippen LogP contribution in [0.4, 0.5) is 0 Å². The van der Waals surface area contributed by atoms with Crippen LogP contribution in [0.1, 0.15) is 31.2 Å². The molecule has 3 nitrogen and oxygen atoms in total. The molecule has 1 atom stereocenters. The monoisotopic (exact) mass is 313 g/mol. The van der Waals surface area contributed by atoms with Gasteiger partial charge in [-0.2, -0.15) is 0 Å². The fourth-order valence-corrected chi connectivity index (χ4v) is 3.76. The minimum atomic E-state index is 0.464. The van der Waals surface area contributed by atoms with Crippen molar-refractivity contribution in [3.8, 4) is 0 Å². The van der Waals surface area contributed by atoms with Gasteiger partial charge in [0.1, 0.15) is 5.15 Å². The summed E-state index contributed by atoms with van der Waals surface area (Å²) in [5.41, 5.74) is 1.08. The lowest BCUT2D eigenvalue weighted by Crippen LogP contribution is -2.40. The minimum absolute atomic E-state index is 0.464. The number of rotatable bonds is 3. The Bertz CT molecular complexity index is 460. The van der Waals surface area contributed by atoms with Crippen molar-refractivity contribution in [2.75, 3.05) is 26.2 Å². The van der Waals surface area contributed by atoms with Gasteiger partial charge in [-0.05, 0) is 38.4 Å². The van der Waals surface area contributed by atoms with E-state index in [1.54, 1.807) is 12.3 Å². The van der Waals surface area contributed by atoms with Gasteiger partial charge in [-0.3, -0.25) is 9.80 Å². The van der Waals surface area contributed by atoms with Gasteiger partial charge in [0.25, 0.3) is 0 Å². The van der Waals surface area contributed by atoms with E-state index in [1.165, 1.54) is 38.8 Å². The zero-order chi connectivity index (χ0) is 13.9.